The zero-order valence-electron chi connectivity index (χ0n) is 11.8. The minimum atomic E-state index is -0.540. The van der Waals surface area contributed by atoms with Crippen LogP contribution < -0.4 is 0 Å². The van der Waals surface area contributed by atoms with Crippen LogP contribution in [0.1, 0.15) is 31.3 Å². The third kappa shape index (κ3) is 4.87. The predicted octanol–water partition coefficient (Wildman–Crippen LogP) is 3.02. The second-order valence-corrected chi connectivity index (χ2v) is 3.98. The molecule has 0 heterocycles. The number of rotatable bonds is 8. The van der Waals surface area contributed by atoms with Gasteiger partial charge in [0.15, 0.2) is 12.6 Å². The second kappa shape index (κ2) is 8.22. The second-order valence-electron chi connectivity index (χ2n) is 3.98. The van der Waals surface area contributed by atoms with E-state index < -0.39 is 6.29 Å². The summed E-state index contributed by atoms with van der Waals surface area (Å²) in [6, 6.07) is 4.42. The summed E-state index contributed by atoms with van der Waals surface area (Å²) in [5.74, 6) is -0.322. The lowest BCUT2D eigenvalue weighted by molar-refractivity contribution is -0.137. The van der Waals surface area contributed by atoms with E-state index in [1.165, 1.54) is 26.4 Å². The average molecular weight is 272 g/mol. The summed E-state index contributed by atoms with van der Waals surface area (Å²) in [5, 5.41) is 0. The van der Waals surface area contributed by atoms with Crippen LogP contribution in [0.3, 0.4) is 0 Å². The molecule has 0 aliphatic heterocycles. The molecule has 0 amide bonds. The van der Waals surface area contributed by atoms with Gasteiger partial charge in [-0.15, -0.1) is 0 Å². The highest BCUT2D eigenvalue weighted by Gasteiger charge is 2.15. The maximum atomic E-state index is 13.3. The lowest BCUT2D eigenvalue weighted by atomic mass is 10.1. The van der Waals surface area contributed by atoms with Gasteiger partial charge in [0, 0.05) is 26.4 Å². The van der Waals surface area contributed by atoms with Crippen LogP contribution in [-0.2, 0) is 25.6 Å². The fourth-order valence-electron chi connectivity index (χ4n) is 1.77. The Balaban J connectivity index is 2.82. The van der Waals surface area contributed by atoms with Gasteiger partial charge < -0.3 is 18.9 Å². The Bertz CT molecular complexity index is 380. The first kappa shape index (κ1) is 16.0. The number of ether oxygens (including phenoxy) is 4. The summed E-state index contributed by atoms with van der Waals surface area (Å²) in [5.41, 5.74) is 1.43. The summed E-state index contributed by atoms with van der Waals surface area (Å²) in [4.78, 5) is 0. The van der Waals surface area contributed by atoms with Gasteiger partial charge in [-0.25, -0.2) is 4.39 Å². The van der Waals surface area contributed by atoms with Crippen molar-refractivity contribution >= 4 is 0 Å². The van der Waals surface area contributed by atoms with E-state index in [4.69, 9.17) is 18.9 Å². The average Bonchev–Trinajstić information content (AvgIpc) is 2.40. The number of benzene rings is 1. The first-order chi connectivity index (χ1) is 9.12. The molecule has 0 saturated heterocycles. The van der Waals surface area contributed by atoms with E-state index in [1.807, 2.05) is 6.92 Å². The molecular weight excluding hydrogens is 251 g/mol. The van der Waals surface area contributed by atoms with Gasteiger partial charge in [0.1, 0.15) is 5.82 Å². The van der Waals surface area contributed by atoms with Crippen LogP contribution in [0.4, 0.5) is 4.39 Å². The number of halogens is 1. The zero-order valence-corrected chi connectivity index (χ0v) is 11.8. The SMILES string of the molecule is CCOC(C)OCc1cc(F)ccc1C(OC)OC. The van der Waals surface area contributed by atoms with Crippen LogP contribution in [0.25, 0.3) is 0 Å². The first-order valence-corrected chi connectivity index (χ1v) is 6.19. The van der Waals surface area contributed by atoms with Crippen molar-refractivity contribution in [1.82, 2.24) is 0 Å². The Labute approximate surface area is 113 Å². The molecule has 1 aromatic carbocycles. The Morgan fingerprint density at radius 1 is 1.16 bits per heavy atom. The van der Waals surface area contributed by atoms with Gasteiger partial charge in [-0.2, -0.15) is 0 Å². The summed E-state index contributed by atoms with van der Waals surface area (Å²) < 4.78 is 34.5. The molecule has 1 unspecified atom stereocenters. The van der Waals surface area contributed by atoms with Gasteiger partial charge in [-0.1, -0.05) is 6.07 Å². The smallest absolute Gasteiger partial charge is 0.183 e. The molecule has 1 atom stereocenters. The Hall–Kier alpha value is -1.01. The molecule has 0 saturated carbocycles. The molecule has 0 spiro atoms. The van der Waals surface area contributed by atoms with E-state index in [9.17, 15) is 4.39 Å². The Morgan fingerprint density at radius 3 is 2.42 bits per heavy atom. The highest BCUT2D eigenvalue weighted by Crippen LogP contribution is 2.23. The number of hydrogen-bond acceptors (Lipinski definition) is 4. The molecule has 1 aromatic rings. The van der Waals surface area contributed by atoms with Crippen molar-refractivity contribution in [3.05, 3.63) is 35.1 Å². The molecule has 0 aliphatic rings. The van der Waals surface area contributed by atoms with E-state index >= 15 is 0 Å². The van der Waals surface area contributed by atoms with E-state index in [1.54, 1.807) is 13.0 Å². The molecule has 0 N–H and O–H groups in total. The quantitative estimate of drug-likeness (QED) is 0.682. The standard InChI is InChI=1S/C14H21FO4/c1-5-18-10(2)19-9-11-8-12(15)6-7-13(11)14(16-3)17-4/h6-8,10,14H,5,9H2,1-4H3. The van der Waals surface area contributed by atoms with E-state index in [2.05, 4.69) is 0 Å². The highest BCUT2D eigenvalue weighted by molar-refractivity contribution is 5.28. The molecular formula is C14H21FO4. The first-order valence-electron chi connectivity index (χ1n) is 6.19. The van der Waals surface area contributed by atoms with Crippen LogP contribution in [0.15, 0.2) is 18.2 Å². The third-order valence-electron chi connectivity index (χ3n) is 2.66. The van der Waals surface area contributed by atoms with Crippen molar-refractivity contribution in [3.8, 4) is 0 Å². The van der Waals surface area contributed by atoms with Crippen LogP contribution in [0.5, 0.6) is 0 Å². The highest BCUT2D eigenvalue weighted by atomic mass is 19.1. The van der Waals surface area contributed by atoms with Crippen molar-refractivity contribution in [2.45, 2.75) is 33.0 Å². The molecule has 0 radical (unpaired) electrons. The normalized spacial score (nSPS) is 12.9. The summed E-state index contributed by atoms with van der Waals surface area (Å²) in [7, 11) is 3.07. The van der Waals surface area contributed by atoms with Crippen LogP contribution in [0, 0.1) is 5.82 Å². The van der Waals surface area contributed by atoms with Gasteiger partial charge in [0.05, 0.1) is 6.61 Å². The van der Waals surface area contributed by atoms with E-state index in [-0.39, 0.29) is 18.7 Å². The van der Waals surface area contributed by atoms with E-state index in [0.717, 1.165) is 5.56 Å². The van der Waals surface area contributed by atoms with Gasteiger partial charge >= 0.3 is 0 Å². The molecule has 19 heavy (non-hydrogen) atoms. The molecule has 4 nitrogen and oxygen atoms in total. The lowest BCUT2D eigenvalue weighted by Crippen LogP contribution is -2.14. The molecule has 0 bridgehead atoms. The van der Waals surface area contributed by atoms with Crippen LogP contribution >= 0.6 is 0 Å². The molecule has 5 heteroatoms. The number of methoxy groups -OCH3 is 2. The fourth-order valence-corrected chi connectivity index (χ4v) is 1.77. The zero-order chi connectivity index (χ0) is 14.3. The van der Waals surface area contributed by atoms with Crippen molar-refractivity contribution in [2.75, 3.05) is 20.8 Å². The van der Waals surface area contributed by atoms with Gasteiger partial charge in [-0.05, 0) is 31.5 Å². The van der Waals surface area contributed by atoms with Crippen LogP contribution in [-0.4, -0.2) is 27.1 Å². The summed E-state index contributed by atoms with van der Waals surface area (Å²) >= 11 is 0. The predicted molar refractivity (Wildman–Crippen MR) is 69.0 cm³/mol. The fraction of sp³-hybridized carbons (Fsp3) is 0.571. The molecule has 0 fully saturated rings. The Morgan fingerprint density at radius 2 is 1.84 bits per heavy atom. The molecule has 108 valence electrons. The lowest BCUT2D eigenvalue weighted by Gasteiger charge is -2.19. The van der Waals surface area contributed by atoms with Gasteiger partial charge in [-0.3, -0.25) is 0 Å². The molecule has 0 aliphatic carbocycles. The largest absolute Gasteiger partial charge is 0.353 e. The minimum Gasteiger partial charge on any atom is -0.353 e. The molecule has 0 aromatic heterocycles. The van der Waals surface area contributed by atoms with Crippen molar-refractivity contribution < 1.29 is 23.3 Å². The van der Waals surface area contributed by atoms with Gasteiger partial charge in [0.25, 0.3) is 0 Å². The molecule has 1 rings (SSSR count). The number of hydrogen-bond donors (Lipinski definition) is 0. The maximum Gasteiger partial charge on any atom is 0.183 e. The monoisotopic (exact) mass is 272 g/mol. The van der Waals surface area contributed by atoms with Crippen molar-refractivity contribution in [3.63, 3.8) is 0 Å². The Kier molecular flexibility index (Phi) is 6.94. The third-order valence-corrected chi connectivity index (χ3v) is 2.66. The summed E-state index contributed by atoms with van der Waals surface area (Å²) in [6.07, 6.45) is -0.883. The summed E-state index contributed by atoms with van der Waals surface area (Å²) in [6.45, 7) is 4.49. The van der Waals surface area contributed by atoms with Crippen molar-refractivity contribution in [2.24, 2.45) is 0 Å². The van der Waals surface area contributed by atoms with Gasteiger partial charge in [0.2, 0.25) is 0 Å². The maximum absolute atomic E-state index is 13.3. The minimum absolute atomic E-state index is 0.234. The topological polar surface area (TPSA) is 36.9 Å². The van der Waals surface area contributed by atoms with Crippen molar-refractivity contribution in [1.29, 1.82) is 0 Å². The van der Waals surface area contributed by atoms with Crippen LogP contribution in [0.2, 0.25) is 0 Å². The van der Waals surface area contributed by atoms with E-state index in [0.29, 0.717) is 12.2 Å².